The monoisotopic (exact) mass is 525 g/mol. The van der Waals surface area contributed by atoms with Gasteiger partial charge in [-0.2, -0.15) is 0 Å². The smallest absolute Gasteiger partial charge is 0.269 e. The molecule has 0 aromatic heterocycles. The van der Waals surface area contributed by atoms with Gasteiger partial charge in [0.15, 0.2) is 0 Å². The van der Waals surface area contributed by atoms with E-state index < -0.39 is 40.3 Å². The van der Waals surface area contributed by atoms with E-state index in [0.717, 1.165) is 0 Å². The first-order valence-electron chi connectivity index (χ1n) is 10.7. The van der Waals surface area contributed by atoms with Gasteiger partial charge in [-0.3, -0.25) is 14.4 Å². The molecule has 2 aromatic carbocycles. The van der Waals surface area contributed by atoms with E-state index in [1.165, 1.54) is 23.1 Å². The van der Waals surface area contributed by atoms with Crippen LogP contribution in [-0.4, -0.2) is 54.0 Å². The van der Waals surface area contributed by atoms with Gasteiger partial charge in [0.05, 0.1) is 15.6 Å². The van der Waals surface area contributed by atoms with E-state index in [2.05, 4.69) is 5.32 Å². The highest BCUT2D eigenvalue weighted by Gasteiger charge is 2.43. The molecule has 0 saturated heterocycles. The minimum Gasteiger partial charge on any atom is -0.352 e. The molecule has 0 unspecified atom stereocenters. The molecule has 1 aliphatic rings. The Hall–Kier alpha value is -2.62. The van der Waals surface area contributed by atoms with E-state index in [9.17, 15) is 22.8 Å². The van der Waals surface area contributed by atoms with Gasteiger partial charge < -0.3 is 10.2 Å². The first kappa shape index (κ1) is 26.0. The standard InChI is InChI=1S/C23H25Cl2N3O5S/c1-4-14(2)26-22(30)15(3)27(12-16-9-10-18(24)19(25)11-16)21(29)13-28-23(31)17-7-5-6-8-20(17)34(28,32)33/h5-11,14-15H,4,12-13H2,1-3H3,(H,26,30)/t14-,15+/m0/s1. The first-order valence-corrected chi connectivity index (χ1v) is 12.9. The predicted molar refractivity (Wildman–Crippen MR) is 129 cm³/mol. The first-order chi connectivity index (χ1) is 16.0. The van der Waals surface area contributed by atoms with Crippen LogP contribution in [0.15, 0.2) is 47.4 Å². The Morgan fingerprint density at radius 1 is 1.09 bits per heavy atom. The van der Waals surface area contributed by atoms with E-state index >= 15 is 0 Å². The predicted octanol–water partition coefficient (Wildman–Crippen LogP) is 3.47. The number of halogens is 2. The van der Waals surface area contributed by atoms with Crippen LogP contribution in [0.2, 0.25) is 10.0 Å². The Morgan fingerprint density at radius 3 is 2.38 bits per heavy atom. The molecule has 0 saturated carbocycles. The van der Waals surface area contributed by atoms with Gasteiger partial charge in [-0.15, -0.1) is 0 Å². The molecule has 2 atom stereocenters. The summed E-state index contributed by atoms with van der Waals surface area (Å²) >= 11 is 12.1. The summed E-state index contributed by atoms with van der Waals surface area (Å²) < 4.78 is 26.4. The molecule has 0 fully saturated rings. The maximum Gasteiger partial charge on any atom is 0.269 e. The number of hydrogen-bond acceptors (Lipinski definition) is 5. The molecular formula is C23H25Cl2N3O5S. The van der Waals surface area contributed by atoms with Crippen LogP contribution in [0.1, 0.15) is 43.1 Å². The van der Waals surface area contributed by atoms with E-state index in [0.29, 0.717) is 21.3 Å². The zero-order valence-corrected chi connectivity index (χ0v) is 21.2. The fraction of sp³-hybridized carbons (Fsp3) is 0.348. The highest BCUT2D eigenvalue weighted by Crippen LogP contribution is 2.30. The van der Waals surface area contributed by atoms with Crippen molar-refractivity contribution < 1.29 is 22.8 Å². The van der Waals surface area contributed by atoms with E-state index in [1.54, 1.807) is 31.2 Å². The lowest BCUT2D eigenvalue weighted by Gasteiger charge is -2.31. The maximum atomic E-state index is 13.4. The molecule has 1 N–H and O–H groups in total. The number of fused-ring (bicyclic) bond motifs is 1. The molecule has 3 amide bonds. The molecule has 0 spiro atoms. The van der Waals surface area contributed by atoms with Gasteiger partial charge in [0.1, 0.15) is 17.5 Å². The van der Waals surface area contributed by atoms with Crippen LogP contribution >= 0.6 is 23.2 Å². The Bertz CT molecular complexity index is 1230. The lowest BCUT2D eigenvalue weighted by molar-refractivity contribution is -0.140. The van der Waals surface area contributed by atoms with Crippen molar-refractivity contribution in [1.82, 2.24) is 14.5 Å². The molecule has 0 aliphatic carbocycles. The Balaban J connectivity index is 1.90. The van der Waals surface area contributed by atoms with Gasteiger partial charge in [0.2, 0.25) is 11.8 Å². The molecule has 2 aromatic rings. The molecule has 182 valence electrons. The number of nitrogens with zero attached hydrogens (tertiary/aromatic N) is 2. The zero-order chi connectivity index (χ0) is 25.2. The lowest BCUT2D eigenvalue weighted by atomic mass is 10.1. The minimum absolute atomic E-state index is 0.00824. The Labute approximate surface area is 208 Å². The van der Waals surface area contributed by atoms with Crippen molar-refractivity contribution in [2.75, 3.05) is 6.54 Å². The summed E-state index contributed by atoms with van der Waals surface area (Å²) in [4.78, 5) is 40.0. The summed E-state index contributed by atoms with van der Waals surface area (Å²) in [7, 11) is -4.18. The molecule has 1 heterocycles. The van der Waals surface area contributed by atoms with Crippen LogP contribution in [0.4, 0.5) is 0 Å². The van der Waals surface area contributed by atoms with E-state index in [4.69, 9.17) is 23.2 Å². The van der Waals surface area contributed by atoms with Gasteiger partial charge in [0, 0.05) is 12.6 Å². The second kappa shape index (κ2) is 10.3. The van der Waals surface area contributed by atoms with Gasteiger partial charge in [-0.05, 0) is 50.1 Å². The van der Waals surface area contributed by atoms with Crippen molar-refractivity contribution in [3.63, 3.8) is 0 Å². The molecule has 0 radical (unpaired) electrons. The van der Waals surface area contributed by atoms with Gasteiger partial charge >= 0.3 is 0 Å². The molecule has 34 heavy (non-hydrogen) atoms. The fourth-order valence-corrected chi connectivity index (χ4v) is 5.32. The number of carbonyl (C=O) groups is 3. The van der Waals surface area contributed by atoms with Crippen LogP contribution < -0.4 is 5.32 Å². The van der Waals surface area contributed by atoms with E-state index in [1.807, 2.05) is 13.8 Å². The number of carbonyl (C=O) groups excluding carboxylic acids is 3. The molecule has 8 nitrogen and oxygen atoms in total. The van der Waals surface area contributed by atoms with Crippen LogP contribution in [-0.2, 0) is 26.2 Å². The van der Waals surface area contributed by atoms with Crippen molar-refractivity contribution >= 4 is 50.9 Å². The van der Waals surface area contributed by atoms with Crippen LogP contribution in [0.5, 0.6) is 0 Å². The lowest BCUT2D eigenvalue weighted by Crippen LogP contribution is -2.52. The zero-order valence-electron chi connectivity index (χ0n) is 18.9. The van der Waals surface area contributed by atoms with Crippen molar-refractivity contribution in [2.24, 2.45) is 0 Å². The number of hydrogen-bond donors (Lipinski definition) is 1. The third-order valence-corrected chi connectivity index (χ3v) is 8.22. The largest absolute Gasteiger partial charge is 0.352 e. The average molecular weight is 526 g/mol. The highest BCUT2D eigenvalue weighted by molar-refractivity contribution is 7.90. The van der Waals surface area contributed by atoms with E-state index in [-0.39, 0.29) is 28.1 Å². The average Bonchev–Trinajstić information content (AvgIpc) is 2.99. The van der Waals surface area contributed by atoms with Crippen LogP contribution in [0.3, 0.4) is 0 Å². The summed E-state index contributed by atoms with van der Waals surface area (Å²) in [5, 5.41) is 3.43. The summed E-state index contributed by atoms with van der Waals surface area (Å²) in [6.45, 7) is 4.51. The van der Waals surface area contributed by atoms with Crippen molar-refractivity contribution in [1.29, 1.82) is 0 Å². The summed E-state index contributed by atoms with van der Waals surface area (Å²) in [6.07, 6.45) is 0.692. The summed E-state index contributed by atoms with van der Waals surface area (Å²) in [5.74, 6) is -1.89. The SMILES string of the molecule is CC[C@H](C)NC(=O)[C@@H](C)N(Cc1ccc(Cl)c(Cl)c1)C(=O)CN1C(=O)c2ccccc2S1(=O)=O. The molecule has 3 rings (SSSR count). The Morgan fingerprint density at radius 2 is 1.76 bits per heavy atom. The summed E-state index contributed by atoms with van der Waals surface area (Å²) in [5.41, 5.74) is 0.596. The van der Waals surface area contributed by atoms with Gasteiger partial charge in [-0.1, -0.05) is 48.3 Å². The minimum atomic E-state index is -4.18. The third-order valence-electron chi connectivity index (χ3n) is 5.70. The number of amides is 3. The number of benzene rings is 2. The van der Waals surface area contributed by atoms with Crippen LogP contribution in [0, 0.1) is 0 Å². The third kappa shape index (κ3) is 5.21. The molecule has 11 heteroatoms. The fourth-order valence-electron chi connectivity index (χ4n) is 3.48. The number of rotatable bonds is 8. The number of sulfonamides is 1. The van der Waals surface area contributed by atoms with Crippen molar-refractivity contribution in [3.05, 3.63) is 63.6 Å². The van der Waals surface area contributed by atoms with Gasteiger partial charge in [-0.25, -0.2) is 12.7 Å². The van der Waals surface area contributed by atoms with Crippen molar-refractivity contribution in [2.45, 2.75) is 50.7 Å². The summed E-state index contributed by atoms with van der Waals surface area (Å²) in [6, 6.07) is 9.50. The number of nitrogens with one attached hydrogen (secondary N) is 1. The second-order valence-corrected chi connectivity index (χ2v) is 10.7. The quantitative estimate of drug-likeness (QED) is 0.568. The molecular weight excluding hydrogens is 501 g/mol. The molecule has 1 aliphatic heterocycles. The normalized spacial score (nSPS) is 16.0. The van der Waals surface area contributed by atoms with Crippen molar-refractivity contribution in [3.8, 4) is 0 Å². The van der Waals surface area contributed by atoms with Crippen LogP contribution in [0.25, 0.3) is 0 Å². The topological polar surface area (TPSA) is 104 Å². The molecule has 0 bridgehead atoms. The highest BCUT2D eigenvalue weighted by atomic mass is 35.5. The second-order valence-electron chi connectivity index (χ2n) is 8.08. The Kier molecular flexibility index (Phi) is 7.90. The van der Waals surface area contributed by atoms with Gasteiger partial charge in [0.25, 0.3) is 15.9 Å². The maximum absolute atomic E-state index is 13.4.